The van der Waals surface area contributed by atoms with Crippen LogP contribution in [0.4, 0.5) is 5.69 Å². The Kier molecular flexibility index (Phi) is 3.82. The lowest BCUT2D eigenvalue weighted by Gasteiger charge is -2.10. The highest BCUT2D eigenvalue weighted by atomic mass is 35.5. The standard InChI is InChI=1S/C15H11Cl2N3O/c16-10-5-9(15(21)12(17)6-10)8-20-11-1-2-13-14(7-11)19-4-3-18-13/h1-7,20-21H,8H2. The number of phenolic OH excluding ortho intramolecular Hbond substituents is 1. The predicted molar refractivity (Wildman–Crippen MR) is 85.0 cm³/mol. The van der Waals surface area contributed by atoms with E-state index in [4.69, 9.17) is 23.2 Å². The number of hydrogen-bond donors (Lipinski definition) is 2. The van der Waals surface area contributed by atoms with Gasteiger partial charge in [0.2, 0.25) is 0 Å². The Labute approximate surface area is 131 Å². The topological polar surface area (TPSA) is 58.0 Å². The lowest BCUT2D eigenvalue weighted by molar-refractivity contribution is 0.469. The van der Waals surface area contributed by atoms with Gasteiger partial charge in [-0.1, -0.05) is 23.2 Å². The molecule has 2 aromatic carbocycles. The number of phenols is 1. The molecular formula is C15H11Cl2N3O. The smallest absolute Gasteiger partial charge is 0.139 e. The summed E-state index contributed by atoms with van der Waals surface area (Å²) in [5, 5.41) is 13.8. The molecule has 21 heavy (non-hydrogen) atoms. The molecule has 0 unspecified atom stereocenters. The number of hydrogen-bond acceptors (Lipinski definition) is 4. The fourth-order valence-corrected chi connectivity index (χ4v) is 2.56. The minimum atomic E-state index is 0.0362. The molecule has 2 N–H and O–H groups in total. The Hall–Kier alpha value is -2.04. The molecule has 6 heteroatoms. The van der Waals surface area contributed by atoms with Crippen molar-refractivity contribution < 1.29 is 5.11 Å². The summed E-state index contributed by atoms with van der Waals surface area (Å²) in [6.07, 6.45) is 3.30. The SMILES string of the molecule is Oc1c(Cl)cc(Cl)cc1CNc1ccc2nccnc2c1. The van der Waals surface area contributed by atoms with E-state index in [2.05, 4.69) is 15.3 Å². The zero-order valence-corrected chi connectivity index (χ0v) is 12.4. The van der Waals surface area contributed by atoms with Gasteiger partial charge in [-0.15, -0.1) is 0 Å². The zero-order valence-electron chi connectivity index (χ0n) is 10.8. The van der Waals surface area contributed by atoms with Crippen LogP contribution in [0.1, 0.15) is 5.56 Å². The number of aromatic nitrogens is 2. The lowest BCUT2D eigenvalue weighted by atomic mass is 10.2. The molecule has 0 fully saturated rings. The maximum absolute atomic E-state index is 9.92. The van der Waals surface area contributed by atoms with E-state index in [1.165, 1.54) is 6.07 Å². The molecule has 1 aromatic heterocycles. The van der Waals surface area contributed by atoms with Crippen molar-refractivity contribution in [1.82, 2.24) is 9.97 Å². The Bertz CT molecular complexity index is 808. The van der Waals surface area contributed by atoms with Gasteiger partial charge in [0.25, 0.3) is 0 Å². The van der Waals surface area contributed by atoms with Gasteiger partial charge in [-0.3, -0.25) is 9.97 Å². The van der Waals surface area contributed by atoms with Gasteiger partial charge in [0.05, 0.1) is 16.1 Å². The zero-order chi connectivity index (χ0) is 14.8. The summed E-state index contributed by atoms with van der Waals surface area (Å²) in [6.45, 7) is 0.401. The summed E-state index contributed by atoms with van der Waals surface area (Å²) >= 11 is 11.8. The van der Waals surface area contributed by atoms with Crippen LogP contribution in [-0.2, 0) is 6.54 Å². The molecule has 106 valence electrons. The Morgan fingerprint density at radius 2 is 1.76 bits per heavy atom. The first-order chi connectivity index (χ1) is 10.1. The predicted octanol–water partition coefficient (Wildman–Crippen LogP) is 4.25. The fraction of sp³-hybridized carbons (Fsp3) is 0.0667. The van der Waals surface area contributed by atoms with E-state index < -0.39 is 0 Å². The normalized spacial score (nSPS) is 10.8. The molecule has 0 bridgehead atoms. The minimum Gasteiger partial charge on any atom is -0.506 e. The van der Waals surface area contributed by atoms with Crippen LogP contribution in [0.15, 0.2) is 42.7 Å². The molecule has 0 saturated heterocycles. The summed E-state index contributed by atoms with van der Waals surface area (Å²) in [4.78, 5) is 8.46. The van der Waals surface area contributed by atoms with Gasteiger partial charge in [0, 0.05) is 35.2 Å². The minimum absolute atomic E-state index is 0.0362. The first-order valence-electron chi connectivity index (χ1n) is 6.25. The molecule has 4 nitrogen and oxygen atoms in total. The highest BCUT2D eigenvalue weighted by Gasteiger charge is 2.08. The van der Waals surface area contributed by atoms with Gasteiger partial charge >= 0.3 is 0 Å². The van der Waals surface area contributed by atoms with E-state index in [1.54, 1.807) is 18.5 Å². The molecular weight excluding hydrogens is 309 g/mol. The van der Waals surface area contributed by atoms with Gasteiger partial charge in [-0.2, -0.15) is 0 Å². The molecule has 0 aliphatic rings. The van der Waals surface area contributed by atoms with E-state index in [-0.39, 0.29) is 10.8 Å². The number of benzene rings is 2. The van der Waals surface area contributed by atoms with Crippen LogP contribution in [0.3, 0.4) is 0 Å². The van der Waals surface area contributed by atoms with Crippen molar-refractivity contribution in [3.05, 3.63) is 58.3 Å². The third-order valence-electron chi connectivity index (χ3n) is 3.06. The highest BCUT2D eigenvalue weighted by Crippen LogP contribution is 2.31. The maximum atomic E-state index is 9.92. The van der Waals surface area contributed by atoms with E-state index in [0.29, 0.717) is 17.1 Å². The number of nitrogens with zero attached hydrogens (tertiary/aromatic N) is 2. The van der Waals surface area contributed by atoms with Gasteiger partial charge < -0.3 is 10.4 Å². The number of nitrogens with one attached hydrogen (secondary N) is 1. The Morgan fingerprint density at radius 1 is 1.00 bits per heavy atom. The van der Waals surface area contributed by atoms with Crippen LogP contribution >= 0.6 is 23.2 Å². The first kappa shape index (κ1) is 13.9. The Morgan fingerprint density at radius 3 is 2.57 bits per heavy atom. The van der Waals surface area contributed by atoms with Crippen LogP contribution in [-0.4, -0.2) is 15.1 Å². The van der Waals surface area contributed by atoms with Crippen LogP contribution in [0.25, 0.3) is 11.0 Å². The number of fused-ring (bicyclic) bond motifs is 1. The average molecular weight is 320 g/mol. The molecule has 0 saturated carbocycles. The Balaban J connectivity index is 1.83. The molecule has 0 aliphatic carbocycles. The van der Waals surface area contributed by atoms with Crippen LogP contribution in [0.5, 0.6) is 5.75 Å². The van der Waals surface area contributed by atoms with Crippen LogP contribution in [0.2, 0.25) is 10.0 Å². The average Bonchev–Trinajstić information content (AvgIpc) is 2.49. The summed E-state index contributed by atoms with van der Waals surface area (Å²) in [5.74, 6) is 0.0362. The summed E-state index contributed by atoms with van der Waals surface area (Å²) < 4.78 is 0. The molecule has 1 heterocycles. The quantitative estimate of drug-likeness (QED) is 0.757. The molecule has 3 rings (SSSR count). The summed E-state index contributed by atoms with van der Waals surface area (Å²) in [5.41, 5.74) is 3.14. The second-order valence-electron chi connectivity index (χ2n) is 4.51. The molecule has 0 radical (unpaired) electrons. The van der Waals surface area contributed by atoms with Gasteiger partial charge in [0.1, 0.15) is 5.75 Å². The van der Waals surface area contributed by atoms with Crippen molar-refractivity contribution in [2.75, 3.05) is 5.32 Å². The third-order valence-corrected chi connectivity index (χ3v) is 3.57. The number of anilines is 1. The third kappa shape index (κ3) is 3.01. The second-order valence-corrected chi connectivity index (χ2v) is 5.35. The molecule has 0 spiro atoms. The number of aromatic hydroxyl groups is 1. The van der Waals surface area contributed by atoms with E-state index in [9.17, 15) is 5.11 Å². The van der Waals surface area contributed by atoms with E-state index in [1.807, 2.05) is 18.2 Å². The van der Waals surface area contributed by atoms with Crippen LogP contribution < -0.4 is 5.32 Å². The fourth-order valence-electron chi connectivity index (χ4n) is 2.02. The van der Waals surface area contributed by atoms with Crippen molar-refractivity contribution in [1.29, 1.82) is 0 Å². The van der Waals surface area contributed by atoms with Gasteiger partial charge in [-0.05, 0) is 30.3 Å². The van der Waals surface area contributed by atoms with E-state index in [0.717, 1.165) is 16.7 Å². The van der Waals surface area contributed by atoms with E-state index >= 15 is 0 Å². The molecule has 0 amide bonds. The summed E-state index contributed by atoms with van der Waals surface area (Å²) in [6, 6.07) is 8.87. The summed E-state index contributed by atoms with van der Waals surface area (Å²) in [7, 11) is 0. The number of halogens is 2. The monoisotopic (exact) mass is 319 g/mol. The highest BCUT2D eigenvalue weighted by molar-refractivity contribution is 6.35. The largest absolute Gasteiger partial charge is 0.506 e. The first-order valence-corrected chi connectivity index (χ1v) is 7.00. The number of rotatable bonds is 3. The van der Waals surface area contributed by atoms with Gasteiger partial charge in [0.15, 0.2) is 0 Å². The lowest BCUT2D eigenvalue weighted by Crippen LogP contribution is -2.00. The second kappa shape index (κ2) is 5.76. The van der Waals surface area contributed by atoms with Crippen molar-refractivity contribution >= 4 is 39.9 Å². The van der Waals surface area contributed by atoms with Crippen molar-refractivity contribution in [2.45, 2.75) is 6.54 Å². The van der Waals surface area contributed by atoms with Gasteiger partial charge in [-0.25, -0.2) is 0 Å². The van der Waals surface area contributed by atoms with Crippen molar-refractivity contribution in [2.24, 2.45) is 0 Å². The van der Waals surface area contributed by atoms with Crippen LogP contribution in [0, 0.1) is 0 Å². The molecule has 0 aliphatic heterocycles. The molecule has 3 aromatic rings. The van der Waals surface area contributed by atoms with Crippen molar-refractivity contribution in [3.8, 4) is 5.75 Å². The maximum Gasteiger partial charge on any atom is 0.139 e. The van der Waals surface area contributed by atoms with Crippen molar-refractivity contribution in [3.63, 3.8) is 0 Å². The molecule has 0 atom stereocenters.